The first kappa shape index (κ1) is 19.3. The van der Waals surface area contributed by atoms with E-state index in [0.717, 1.165) is 38.4 Å². The molecule has 0 saturated carbocycles. The van der Waals surface area contributed by atoms with Crippen molar-refractivity contribution in [2.75, 3.05) is 58.4 Å². The summed E-state index contributed by atoms with van der Waals surface area (Å²) in [6.45, 7) is 7.19. The molecule has 2 N–H and O–H groups in total. The van der Waals surface area contributed by atoms with E-state index in [1.807, 2.05) is 11.0 Å². The summed E-state index contributed by atoms with van der Waals surface area (Å²) in [6.07, 6.45) is 0.306. The topological polar surface area (TPSA) is 75.6 Å². The number of carbonyl (C=O) groups excluding carboxylic acids is 2. The van der Waals surface area contributed by atoms with Crippen LogP contribution < -0.4 is 24.6 Å². The molecule has 8 nitrogen and oxygen atoms in total. The molecule has 0 spiro atoms. The lowest BCUT2D eigenvalue weighted by atomic mass is 10.2. The summed E-state index contributed by atoms with van der Waals surface area (Å²) < 4.78 is 10.6. The molecular formula is C19H29N4O4+. The van der Waals surface area contributed by atoms with Crippen LogP contribution >= 0.6 is 0 Å². The number of methoxy groups -OCH3 is 2. The summed E-state index contributed by atoms with van der Waals surface area (Å²) >= 11 is 0. The van der Waals surface area contributed by atoms with Crippen LogP contribution in [0.5, 0.6) is 11.5 Å². The van der Waals surface area contributed by atoms with Gasteiger partial charge in [-0.2, -0.15) is 0 Å². The zero-order chi connectivity index (χ0) is 19.4. The van der Waals surface area contributed by atoms with Crippen LogP contribution in [0.25, 0.3) is 0 Å². The molecular weight excluding hydrogens is 348 g/mol. The normalized spacial score (nSPS) is 20.7. The molecule has 1 aromatic carbocycles. The Morgan fingerprint density at radius 1 is 1.22 bits per heavy atom. The highest BCUT2D eigenvalue weighted by Crippen LogP contribution is 2.33. The molecule has 0 aromatic heterocycles. The standard InChI is InChI=1S/C19H28N4O4/c1-4-21-7-9-22(10-8-21)19(25)20-14-11-18(24)23(13-14)15-5-6-16(26-2)17(12-15)27-3/h5-6,12,14H,4,7-11,13H2,1-3H3,(H,20,25)/p+1/t14-/m0/s1. The van der Waals surface area contributed by atoms with Crippen LogP contribution in [0, 0.1) is 0 Å². The van der Waals surface area contributed by atoms with E-state index in [9.17, 15) is 9.59 Å². The van der Waals surface area contributed by atoms with Crippen molar-refractivity contribution in [1.82, 2.24) is 10.2 Å². The zero-order valence-electron chi connectivity index (χ0n) is 16.3. The van der Waals surface area contributed by atoms with Gasteiger partial charge in [-0.25, -0.2) is 4.79 Å². The first-order valence-corrected chi connectivity index (χ1v) is 9.47. The number of nitrogens with zero attached hydrogens (tertiary/aromatic N) is 2. The third-order valence-corrected chi connectivity index (χ3v) is 5.39. The van der Waals surface area contributed by atoms with Gasteiger partial charge in [-0.05, 0) is 19.1 Å². The quantitative estimate of drug-likeness (QED) is 0.741. The number of rotatable bonds is 5. The van der Waals surface area contributed by atoms with Gasteiger partial charge in [-0.15, -0.1) is 0 Å². The van der Waals surface area contributed by atoms with Crippen LogP contribution in [0.15, 0.2) is 18.2 Å². The van der Waals surface area contributed by atoms with Crippen LogP contribution in [-0.4, -0.2) is 76.4 Å². The van der Waals surface area contributed by atoms with E-state index in [1.165, 1.54) is 4.90 Å². The maximum Gasteiger partial charge on any atom is 0.318 e. The largest absolute Gasteiger partial charge is 0.493 e. The average Bonchev–Trinajstić information content (AvgIpc) is 3.07. The molecule has 1 atom stereocenters. The molecule has 8 heteroatoms. The number of anilines is 1. The molecule has 3 rings (SSSR count). The van der Waals surface area contributed by atoms with Gasteiger partial charge in [0.05, 0.1) is 53.0 Å². The first-order valence-electron chi connectivity index (χ1n) is 9.47. The minimum absolute atomic E-state index is 0.00670. The number of benzene rings is 1. The van der Waals surface area contributed by atoms with Gasteiger partial charge in [0.25, 0.3) is 0 Å². The number of amides is 3. The number of urea groups is 1. The van der Waals surface area contributed by atoms with Crippen molar-refractivity contribution in [2.24, 2.45) is 0 Å². The second-order valence-electron chi connectivity index (χ2n) is 6.98. The fourth-order valence-corrected chi connectivity index (χ4v) is 3.69. The number of hydrogen-bond acceptors (Lipinski definition) is 4. The third-order valence-electron chi connectivity index (χ3n) is 5.39. The van der Waals surface area contributed by atoms with E-state index in [0.29, 0.717) is 24.5 Å². The maximum atomic E-state index is 12.5. The molecule has 148 valence electrons. The van der Waals surface area contributed by atoms with Gasteiger partial charge < -0.3 is 29.5 Å². The van der Waals surface area contributed by atoms with E-state index in [4.69, 9.17) is 9.47 Å². The fourth-order valence-electron chi connectivity index (χ4n) is 3.69. The monoisotopic (exact) mass is 377 g/mol. The van der Waals surface area contributed by atoms with Gasteiger partial charge >= 0.3 is 6.03 Å². The Morgan fingerprint density at radius 2 is 1.93 bits per heavy atom. The molecule has 1 aromatic rings. The first-order chi connectivity index (χ1) is 13.0. The Morgan fingerprint density at radius 3 is 2.56 bits per heavy atom. The molecule has 2 fully saturated rings. The van der Waals surface area contributed by atoms with Crippen molar-refractivity contribution in [3.8, 4) is 11.5 Å². The number of piperazine rings is 1. The maximum absolute atomic E-state index is 12.5. The van der Waals surface area contributed by atoms with E-state index < -0.39 is 0 Å². The van der Waals surface area contributed by atoms with Crippen LogP contribution in [0.1, 0.15) is 13.3 Å². The Bertz CT molecular complexity index is 688. The van der Waals surface area contributed by atoms with Crippen molar-refractivity contribution < 1.29 is 24.0 Å². The molecule has 3 amide bonds. The molecule has 2 aliphatic heterocycles. The molecule has 0 radical (unpaired) electrons. The summed E-state index contributed by atoms with van der Waals surface area (Å²) in [5.74, 6) is 1.19. The second kappa shape index (κ2) is 8.47. The van der Waals surface area contributed by atoms with Gasteiger partial charge in [0, 0.05) is 24.7 Å². The summed E-state index contributed by atoms with van der Waals surface area (Å²) in [7, 11) is 3.14. The second-order valence-corrected chi connectivity index (χ2v) is 6.98. The highest BCUT2D eigenvalue weighted by Gasteiger charge is 2.33. The lowest BCUT2D eigenvalue weighted by Gasteiger charge is -2.32. The van der Waals surface area contributed by atoms with Crippen molar-refractivity contribution in [1.29, 1.82) is 0 Å². The minimum Gasteiger partial charge on any atom is -0.493 e. The van der Waals surface area contributed by atoms with E-state index >= 15 is 0 Å². The van der Waals surface area contributed by atoms with Crippen molar-refractivity contribution in [3.05, 3.63) is 18.2 Å². The van der Waals surface area contributed by atoms with Crippen LogP contribution in [0.3, 0.4) is 0 Å². The third kappa shape index (κ3) is 4.27. The molecule has 27 heavy (non-hydrogen) atoms. The molecule has 2 heterocycles. The van der Waals surface area contributed by atoms with Gasteiger partial charge in [-0.3, -0.25) is 4.79 Å². The number of hydrogen-bond donors (Lipinski definition) is 2. The highest BCUT2D eigenvalue weighted by atomic mass is 16.5. The molecule has 0 aliphatic carbocycles. The van der Waals surface area contributed by atoms with Gasteiger partial charge in [-0.1, -0.05) is 0 Å². The Balaban J connectivity index is 1.60. The Kier molecular flexibility index (Phi) is 6.05. The number of carbonyl (C=O) groups is 2. The van der Waals surface area contributed by atoms with Crippen molar-refractivity contribution in [3.63, 3.8) is 0 Å². The fraction of sp³-hybridized carbons (Fsp3) is 0.579. The van der Waals surface area contributed by atoms with Gasteiger partial charge in [0.1, 0.15) is 0 Å². The SMILES string of the molecule is CC[NH+]1CCN(C(=O)N[C@H]2CC(=O)N(c3ccc(OC)c(OC)c3)C2)CC1. The summed E-state index contributed by atoms with van der Waals surface area (Å²) in [4.78, 5) is 30.0. The smallest absolute Gasteiger partial charge is 0.318 e. The molecule has 0 bridgehead atoms. The predicted molar refractivity (Wildman–Crippen MR) is 102 cm³/mol. The summed E-state index contributed by atoms with van der Waals surface area (Å²) in [5.41, 5.74) is 0.745. The Hall–Kier alpha value is -2.48. The Labute approximate surface area is 160 Å². The lowest BCUT2D eigenvalue weighted by Crippen LogP contribution is -3.14. The number of ether oxygens (including phenoxy) is 2. The van der Waals surface area contributed by atoms with Crippen LogP contribution in [0.2, 0.25) is 0 Å². The highest BCUT2D eigenvalue weighted by molar-refractivity contribution is 5.97. The molecule has 2 saturated heterocycles. The van der Waals surface area contributed by atoms with E-state index in [2.05, 4.69) is 12.2 Å². The van der Waals surface area contributed by atoms with Crippen LogP contribution in [0.4, 0.5) is 10.5 Å². The number of quaternary nitrogens is 1. The van der Waals surface area contributed by atoms with Crippen molar-refractivity contribution >= 4 is 17.6 Å². The zero-order valence-corrected chi connectivity index (χ0v) is 16.3. The van der Waals surface area contributed by atoms with E-state index in [1.54, 1.807) is 31.3 Å². The minimum atomic E-state index is -0.186. The number of likely N-dealkylation sites (N-methyl/N-ethyl adjacent to an activating group) is 1. The van der Waals surface area contributed by atoms with Crippen molar-refractivity contribution in [2.45, 2.75) is 19.4 Å². The van der Waals surface area contributed by atoms with Gasteiger partial charge in [0.15, 0.2) is 11.5 Å². The van der Waals surface area contributed by atoms with Gasteiger partial charge in [0.2, 0.25) is 5.91 Å². The summed E-state index contributed by atoms with van der Waals surface area (Å²) in [6, 6.07) is 5.14. The van der Waals surface area contributed by atoms with E-state index in [-0.39, 0.29) is 18.0 Å². The number of nitrogens with one attached hydrogen (secondary N) is 2. The predicted octanol–water partition coefficient (Wildman–Crippen LogP) is -0.261. The molecule has 2 aliphatic rings. The lowest BCUT2D eigenvalue weighted by molar-refractivity contribution is -0.902. The summed E-state index contributed by atoms with van der Waals surface area (Å²) in [5, 5.41) is 3.02. The average molecular weight is 377 g/mol. The molecule has 0 unspecified atom stereocenters. The van der Waals surface area contributed by atoms with Crippen LogP contribution in [-0.2, 0) is 4.79 Å².